The number of benzene rings is 1. The third kappa shape index (κ3) is 2.42. The number of hydrogen-bond donors (Lipinski definition) is 0. The Morgan fingerprint density at radius 3 is 2.29 bits per heavy atom. The Morgan fingerprint density at radius 1 is 1.29 bits per heavy atom. The van der Waals surface area contributed by atoms with Crippen LogP contribution in [0.15, 0.2) is 30.3 Å². The molecule has 1 aromatic carbocycles. The minimum Gasteiger partial charge on any atom is -0.376 e. The average Bonchev–Trinajstić information content (AvgIpc) is 2.20. The van der Waals surface area contributed by atoms with Gasteiger partial charge >= 0.3 is 0 Å². The number of methoxy groups -OCH3 is 1. The smallest absolute Gasteiger partial charge is 0.135 e. The summed E-state index contributed by atoms with van der Waals surface area (Å²) in [6, 6.07) is 9.82. The van der Waals surface area contributed by atoms with Crippen molar-refractivity contribution in [2.45, 2.75) is 20.0 Å². The minimum atomic E-state index is -0.131. The van der Waals surface area contributed by atoms with Gasteiger partial charge in [-0.25, -0.2) is 0 Å². The molecule has 2 heteroatoms. The van der Waals surface area contributed by atoms with E-state index < -0.39 is 0 Å². The predicted molar refractivity (Wildman–Crippen MR) is 56.0 cm³/mol. The fourth-order valence-electron chi connectivity index (χ4n) is 1.48. The first kappa shape index (κ1) is 10.9. The van der Waals surface area contributed by atoms with Crippen molar-refractivity contribution in [1.82, 2.24) is 0 Å². The molecule has 0 spiro atoms. The van der Waals surface area contributed by atoms with Gasteiger partial charge in [0.2, 0.25) is 0 Å². The highest BCUT2D eigenvalue weighted by Gasteiger charge is 2.21. The lowest BCUT2D eigenvalue weighted by Gasteiger charge is -2.20. The molecule has 0 heterocycles. The summed E-state index contributed by atoms with van der Waals surface area (Å²) >= 11 is 0. The Balaban J connectivity index is 2.87. The van der Waals surface area contributed by atoms with Crippen molar-refractivity contribution in [2.75, 3.05) is 7.11 Å². The van der Waals surface area contributed by atoms with Gasteiger partial charge in [-0.3, -0.25) is 4.79 Å². The van der Waals surface area contributed by atoms with Crippen molar-refractivity contribution < 1.29 is 9.53 Å². The zero-order valence-electron chi connectivity index (χ0n) is 8.86. The molecule has 0 aliphatic carbocycles. The number of Topliss-reactive ketones (excluding diaryl/α,β-unsaturated/α-hetero) is 1. The van der Waals surface area contributed by atoms with E-state index in [4.69, 9.17) is 4.74 Å². The molecule has 0 fully saturated rings. The van der Waals surface area contributed by atoms with E-state index in [0.717, 1.165) is 5.56 Å². The highest BCUT2D eigenvalue weighted by Crippen LogP contribution is 2.25. The van der Waals surface area contributed by atoms with Crippen molar-refractivity contribution in [2.24, 2.45) is 5.92 Å². The Labute approximate surface area is 84.9 Å². The molecule has 0 aliphatic heterocycles. The summed E-state index contributed by atoms with van der Waals surface area (Å²) in [6.45, 7) is 3.49. The maximum atomic E-state index is 11.2. The van der Waals surface area contributed by atoms with E-state index in [1.807, 2.05) is 37.3 Å². The molecule has 76 valence electrons. The number of ketones is 1. The summed E-state index contributed by atoms with van der Waals surface area (Å²) in [5.74, 6) is 0.0584. The van der Waals surface area contributed by atoms with Crippen molar-refractivity contribution >= 4 is 5.78 Å². The van der Waals surface area contributed by atoms with Crippen LogP contribution in [0.3, 0.4) is 0 Å². The molecule has 0 aliphatic rings. The molecule has 0 saturated carbocycles. The summed E-state index contributed by atoms with van der Waals surface area (Å²) in [4.78, 5) is 11.2. The molecule has 2 unspecified atom stereocenters. The van der Waals surface area contributed by atoms with E-state index in [2.05, 4.69) is 0 Å². The molecule has 0 saturated heterocycles. The molecular formula is C12H16O2. The number of carbonyl (C=O) groups excluding carboxylic acids is 1. The molecule has 2 atom stereocenters. The second-order valence-corrected chi connectivity index (χ2v) is 3.47. The van der Waals surface area contributed by atoms with E-state index >= 15 is 0 Å². The van der Waals surface area contributed by atoms with Crippen LogP contribution in [0.1, 0.15) is 25.5 Å². The van der Waals surface area contributed by atoms with Crippen LogP contribution in [0.2, 0.25) is 0 Å². The third-order valence-corrected chi connectivity index (χ3v) is 2.48. The maximum Gasteiger partial charge on any atom is 0.135 e. The topological polar surface area (TPSA) is 26.3 Å². The Hall–Kier alpha value is -1.15. The molecule has 0 bridgehead atoms. The van der Waals surface area contributed by atoms with Crippen LogP contribution in [0.4, 0.5) is 0 Å². The summed E-state index contributed by atoms with van der Waals surface area (Å²) in [5, 5.41) is 0. The van der Waals surface area contributed by atoms with Gasteiger partial charge in [-0.05, 0) is 12.5 Å². The minimum absolute atomic E-state index is 0.0950. The second kappa shape index (κ2) is 4.91. The first-order valence-corrected chi connectivity index (χ1v) is 4.75. The quantitative estimate of drug-likeness (QED) is 0.733. The molecule has 0 radical (unpaired) electrons. The first-order chi connectivity index (χ1) is 6.66. The van der Waals surface area contributed by atoms with Crippen LogP contribution < -0.4 is 0 Å². The van der Waals surface area contributed by atoms with Gasteiger partial charge in [0, 0.05) is 13.0 Å². The Morgan fingerprint density at radius 2 is 1.86 bits per heavy atom. The number of hydrogen-bond acceptors (Lipinski definition) is 2. The van der Waals surface area contributed by atoms with Crippen LogP contribution in [-0.2, 0) is 9.53 Å². The van der Waals surface area contributed by atoms with E-state index in [0.29, 0.717) is 0 Å². The van der Waals surface area contributed by atoms with Gasteiger partial charge in [-0.2, -0.15) is 0 Å². The molecule has 0 amide bonds. The van der Waals surface area contributed by atoms with Crippen molar-refractivity contribution in [3.63, 3.8) is 0 Å². The van der Waals surface area contributed by atoms with Gasteiger partial charge in [0.25, 0.3) is 0 Å². The van der Waals surface area contributed by atoms with Crippen molar-refractivity contribution in [3.8, 4) is 0 Å². The van der Waals surface area contributed by atoms with Crippen molar-refractivity contribution in [3.05, 3.63) is 35.9 Å². The predicted octanol–water partition coefficient (Wildman–Crippen LogP) is 2.60. The molecule has 0 N–H and O–H groups in total. The second-order valence-electron chi connectivity index (χ2n) is 3.47. The Bertz CT molecular complexity index is 292. The molecular weight excluding hydrogens is 176 g/mol. The fraction of sp³-hybridized carbons (Fsp3) is 0.417. The lowest BCUT2D eigenvalue weighted by Crippen LogP contribution is -2.18. The van der Waals surface area contributed by atoms with E-state index in [1.54, 1.807) is 14.0 Å². The van der Waals surface area contributed by atoms with Gasteiger partial charge < -0.3 is 4.74 Å². The largest absolute Gasteiger partial charge is 0.376 e. The Kier molecular flexibility index (Phi) is 3.84. The number of ether oxygens (including phenoxy) is 1. The highest BCUT2D eigenvalue weighted by molar-refractivity contribution is 5.78. The van der Waals surface area contributed by atoms with Gasteiger partial charge in [-0.1, -0.05) is 37.3 Å². The highest BCUT2D eigenvalue weighted by atomic mass is 16.5. The van der Waals surface area contributed by atoms with Crippen LogP contribution >= 0.6 is 0 Å². The zero-order valence-corrected chi connectivity index (χ0v) is 8.86. The summed E-state index contributed by atoms with van der Waals surface area (Å²) in [6.07, 6.45) is -0.131. The number of rotatable bonds is 4. The SMILES string of the molecule is COC(c1ccccc1)C(C)C(C)=O. The standard InChI is InChI=1S/C12H16O2/c1-9(10(2)13)12(14-3)11-7-5-4-6-8-11/h4-9,12H,1-3H3. The molecule has 2 nitrogen and oxygen atoms in total. The summed E-state index contributed by atoms with van der Waals surface area (Å²) in [7, 11) is 1.64. The van der Waals surface area contributed by atoms with Crippen LogP contribution in [0.25, 0.3) is 0 Å². The van der Waals surface area contributed by atoms with E-state index in [9.17, 15) is 4.79 Å². The van der Waals surface area contributed by atoms with E-state index in [-0.39, 0.29) is 17.8 Å². The lowest BCUT2D eigenvalue weighted by molar-refractivity contribution is -0.124. The monoisotopic (exact) mass is 192 g/mol. The summed E-state index contributed by atoms with van der Waals surface area (Å²) < 4.78 is 5.34. The summed E-state index contributed by atoms with van der Waals surface area (Å²) in [5.41, 5.74) is 1.05. The lowest BCUT2D eigenvalue weighted by atomic mass is 9.94. The fourth-order valence-corrected chi connectivity index (χ4v) is 1.48. The molecule has 14 heavy (non-hydrogen) atoms. The van der Waals surface area contributed by atoms with Crippen molar-refractivity contribution in [1.29, 1.82) is 0 Å². The van der Waals surface area contributed by atoms with Gasteiger partial charge in [0.05, 0.1) is 6.10 Å². The molecule has 1 aromatic rings. The van der Waals surface area contributed by atoms with Gasteiger partial charge in [-0.15, -0.1) is 0 Å². The molecule has 1 rings (SSSR count). The van der Waals surface area contributed by atoms with Crippen LogP contribution in [-0.4, -0.2) is 12.9 Å². The average molecular weight is 192 g/mol. The number of carbonyl (C=O) groups is 1. The maximum absolute atomic E-state index is 11.2. The van der Waals surface area contributed by atoms with Gasteiger partial charge in [0.15, 0.2) is 0 Å². The van der Waals surface area contributed by atoms with Crippen LogP contribution in [0.5, 0.6) is 0 Å². The van der Waals surface area contributed by atoms with E-state index in [1.165, 1.54) is 0 Å². The molecule has 0 aromatic heterocycles. The third-order valence-electron chi connectivity index (χ3n) is 2.48. The first-order valence-electron chi connectivity index (χ1n) is 4.75. The van der Waals surface area contributed by atoms with Crippen LogP contribution in [0, 0.1) is 5.92 Å². The normalized spacial score (nSPS) is 14.8. The zero-order chi connectivity index (χ0) is 10.6. The van der Waals surface area contributed by atoms with Gasteiger partial charge in [0.1, 0.15) is 5.78 Å².